The molecule has 0 saturated carbocycles. The summed E-state index contributed by atoms with van der Waals surface area (Å²) in [6, 6.07) is 6.45. The molecule has 0 saturated heterocycles. The van der Waals surface area contributed by atoms with E-state index in [1.165, 1.54) is 12.3 Å². The SMILES string of the molecule is Nc1cncc(Br)c1OCc1ccccc1F. The van der Waals surface area contributed by atoms with Gasteiger partial charge in [0, 0.05) is 11.8 Å². The van der Waals surface area contributed by atoms with Gasteiger partial charge in [0.2, 0.25) is 0 Å². The van der Waals surface area contributed by atoms with Crippen molar-refractivity contribution in [2.45, 2.75) is 6.61 Å². The van der Waals surface area contributed by atoms with E-state index in [4.69, 9.17) is 10.5 Å². The molecule has 0 aliphatic heterocycles. The fourth-order valence-corrected chi connectivity index (χ4v) is 1.82. The van der Waals surface area contributed by atoms with Crippen molar-refractivity contribution in [3.63, 3.8) is 0 Å². The normalized spacial score (nSPS) is 10.2. The summed E-state index contributed by atoms with van der Waals surface area (Å²) >= 11 is 3.28. The van der Waals surface area contributed by atoms with Crippen molar-refractivity contribution < 1.29 is 9.13 Å². The average molecular weight is 297 g/mol. The van der Waals surface area contributed by atoms with Gasteiger partial charge >= 0.3 is 0 Å². The fourth-order valence-electron chi connectivity index (χ4n) is 1.36. The molecule has 3 nitrogen and oxygen atoms in total. The topological polar surface area (TPSA) is 48.1 Å². The molecule has 0 radical (unpaired) electrons. The van der Waals surface area contributed by atoms with E-state index in [9.17, 15) is 4.39 Å². The first-order chi connectivity index (χ1) is 8.18. The van der Waals surface area contributed by atoms with Gasteiger partial charge < -0.3 is 10.5 Å². The molecule has 0 amide bonds. The largest absolute Gasteiger partial charge is 0.485 e. The molecule has 1 aromatic heterocycles. The highest BCUT2D eigenvalue weighted by Gasteiger charge is 2.08. The first-order valence-electron chi connectivity index (χ1n) is 4.93. The Labute approximate surface area is 107 Å². The Bertz CT molecular complexity index is 513. The molecule has 1 aromatic carbocycles. The Morgan fingerprint density at radius 1 is 1.29 bits per heavy atom. The Balaban J connectivity index is 2.16. The number of ether oxygens (including phenoxy) is 1. The Morgan fingerprint density at radius 3 is 2.76 bits per heavy atom. The van der Waals surface area contributed by atoms with Crippen LogP contribution in [0.4, 0.5) is 10.1 Å². The lowest BCUT2D eigenvalue weighted by atomic mass is 10.2. The summed E-state index contributed by atoms with van der Waals surface area (Å²) in [5, 5.41) is 0. The molecule has 0 atom stereocenters. The quantitative estimate of drug-likeness (QED) is 0.946. The first kappa shape index (κ1) is 11.9. The zero-order valence-corrected chi connectivity index (χ0v) is 10.4. The highest BCUT2D eigenvalue weighted by Crippen LogP contribution is 2.30. The highest BCUT2D eigenvalue weighted by atomic mass is 79.9. The van der Waals surface area contributed by atoms with Gasteiger partial charge in [-0.25, -0.2) is 4.39 Å². The molecule has 0 fully saturated rings. The molecule has 2 N–H and O–H groups in total. The Kier molecular flexibility index (Phi) is 3.58. The molecule has 2 rings (SSSR count). The second kappa shape index (κ2) is 5.14. The summed E-state index contributed by atoms with van der Waals surface area (Å²) in [4.78, 5) is 3.89. The molecule has 1 heterocycles. The summed E-state index contributed by atoms with van der Waals surface area (Å²) in [5.74, 6) is 0.180. The Morgan fingerprint density at radius 2 is 2.06 bits per heavy atom. The van der Waals surface area contributed by atoms with Crippen LogP contribution in [0, 0.1) is 5.82 Å². The van der Waals surface area contributed by atoms with E-state index in [-0.39, 0.29) is 12.4 Å². The second-order valence-electron chi connectivity index (χ2n) is 3.42. The fraction of sp³-hybridized carbons (Fsp3) is 0.0833. The van der Waals surface area contributed by atoms with Crippen molar-refractivity contribution >= 4 is 21.6 Å². The third-order valence-corrected chi connectivity index (χ3v) is 2.78. The van der Waals surface area contributed by atoms with Gasteiger partial charge in [0.25, 0.3) is 0 Å². The maximum absolute atomic E-state index is 13.4. The lowest BCUT2D eigenvalue weighted by Crippen LogP contribution is -2.01. The Hall–Kier alpha value is -1.62. The number of nitrogens with zero attached hydrogens (tertiary/aromatic N) is 1. The van der Waals surface area contributed by atoms with Crippen molar-refractivity contribution in [2.75, 3.05) is 5.73 Å². The van der Waals surface area contributed by atoms with Crippen LogP contribution in [0.3, 0.4) is 0 Å². The van der Waals surface area contributed by atoms with Crippen LogP contribution in [0.5, 0.6) is 5.75 Å². The number of rotatable bonds is 3. The van der Waals surface area contributed by atoms with Gasteiger partial charge in [0.1, 0.15) is 12.4 Å². The van der Waals surface area contributed by atoms with Crippen molar-refractivity contribution in [1.29, 1.82) is 0 Å². The van der Waals surface area contributed by atoms with E-state index in [2.05, 4.69) is 20.9 Å². The molecule has 0 spiro atoms. The number of pyridine rings is 1. The van der Waals surface area contributed by atoms with E-state index in [1.807, 2.05) is 0 Å². The number of nitrogens with two attached hydrogens (primary N) is 1. The number of aromatic nitrogens is 1. The van der Waals surface area contributed by atoms with Crippen LogP contribution in [-0.4, -0.2) is 4.98 Å². The monoisotopic (exact) mass is 296 g/mol. The average Bonchev–Trinajstić information content (AvgIpc) is 2.30. The van der Waals surface area contributed by atoms with Crippen LogP contribution < -0.4 is 10.5 Å². The zero-order valence-electron chi connectivity index (χ0n) is 8.86. The van der Waals surface area contributed by atoms with Crippen molar-refractivity contribution in [1.82, 2.24) is 4.98 Å². The lowest BCUT2D eigenvalue weighted by Gasteiger charge is -2.10. The third kappa shape index (κ3) is 2.74. The van der Waals surface area contributed by atoms with E-state index >= 15 is 0 Å². The van der Waals surface area contributed by atoms with Gasteiger partial charge in [-0.3, -0.25) is 4.98 Å². The predicted octanol–water partition coefficient (Wildman–Crippen LogP) is 3.14. The number of anilines is 1. The number of benzene rings is 1. The lowest BCUT2D eigenvalue weighted by molar-refractivity contribution is 0.299. The molecule has 0 aliphatic carbocycles. The van der Waals surface area contributed by atoms with Gasteiger partial charge in [-0.15, -0.1) is 0 Å². The summed E-state index contributed by atoms with van der Waals surface area (Å²) in [6.45, 7) is 0.124. The summed E-state index contributed by atoms with van der Waals surface area (Å²) in [6.07, 6.45) is 3.06. The van der Waals surface area contributed by atoms with Crippen molar-refractivity contribution in [3.05, 3.63) is 52.5 Å². The number of hydrogen-bond donors (Lipinski definition) is 1. The third-order valence-electron chi connectivity index (χ3n) is 2.21. The standard InChI is InChI=1S/C12H10BrFN2O/c13-9-5-16-6-11(15)12(9)17-7-8-3-1-2-4-10(8)14/h1-6H,7,15H2. The van der Waals surface area contributed by atoms with Crippen molar-refractivity contribution in [2.24, 2.45) is 0 Å². The molecular weight excluding hydrogens is 287 g/mol. The zero-order chi connectivity index (χ0) is 12.3. The van der Waals surface area contributed by atoms with Crippen LogP contribution in [0.25, 0.3) is 0 Å². The predicted molar refractivity (Wildman–Crippen MR) is 67.1 cm³/mol. The molecule has 0 aliphatic rings. The number of nitrogen functional groups attached to an aromatic ring is 1. The molecule has 5 heteroatoms. The van der Waals surface area contributed by atoms with Gasteiger partial charge in [0.15, 0.2) is 5.75 Å². The van der Waals surface area contributed by atoms with E-state index < -0.39 is 0 Å². The first-order valence-corrected chi connectivity index (χ1v) is 5.73. The van der Waals surface area contributed by atoms with Crippen LogP contribution in [0.1, 0.15) is 5.56 Å². The molecule has 0 unspecified atom stereocenters. The van der Waals surface area contributed by atoms with Gasteiger partial charge in [-0.1, -0.05) is 18.2 Å². The highest BCUT2D eigenvalue weighted by molar-refractivity contribution is 9.10. The number of halogens is 2. The van der Waals surface area contributed by atoms with Crippen molar-refractivity contribution in [3.8, 4) is 5.75 Å². The minimum Gasteiger partial charge on any atom is -0.485 e. The van der Waals surface area contributed by atoms with Crippen LogP contribution in [-0.2, 0) is 6.61 Å². The molecule has 17 heavy (non-hydrogen) atoms. The van der Waals surface area contributed by atoms with E-state index in [1.54, 1.807) is 24.4 Å². The second-order valence-corrected chi connectivity index (χ2v) is 4.27. The molecular formula is C12H10BrFN2O. The van der Waals surface area contributed by atoms with Crippen LogP contribution >= 0.6 is 15.9 Å². The smallest absolute Gasteiger partial charge is 0.160 e. The summed E-state index contributed by atoms with van der Waals surface area (Å²) in [7, 11) is 0. The van der Waals surface area contributed by atoms with E-state index in [0.717, 1.165) is 0 Å². The van der Waals surface area contributed by atoms with Crippen LogP contribution in [0.15, 0.2) is 41.1 Å². The van der Waals surface area contributed by atoms with Gasteiger partial charge in [-0.05, 0) is 22.0 Å². The van der Waals surface area contributed by atoms with Gasteiger partial charge in [0.05, 0.1) is 16.4 Å². The van der Waals surface area contributed by atoms with Crippen LogP contribution in [0.2, 0.25) is 0 Å². The van der Waals surface area contributed by atoms with Gasteiger partial charge in [-0.2, -0.15) is 0 Å². The summed E-state index contributed by atoms with van der Waals surface area (Å²) < 4.78 is 19.5. The minimum absolute atomic E-state index is 0.124. The minimum atomic E-state index is -0.295. The van der Waals surface area contributed by atoms with E-state index in [0.29, 0.717) is 21.5 Å². The maximum Gasteiger partial charge on any atom is 0.160 e. The maximum atomic E-state index is 13.4. The molecule has 0 bridgehead atoms. The molecule has 88 valence electrons. The summed E-state index contributed by atoms with van der Waals surface area (Å²) in [5.41, 5.74) is 6.61. The molecule has 2 aromatic rings. The number of hydrogen-bond acceptors (Lipinski definition) is 3.